The minimum absolute atomic E-state index is 0.653. The van der Waals surface area contributed by atoms with Crippen molar-refractivity contribution < 1.29 is 8.73 Å². The highest BCUT2D eigenvalue weighted by molar-refractivity contribution is 7.82. The Morgan fingerprint density at radius 3 is 2.26 bits per heavy atom. The van der Waals surface area contributed by atoms with Crippen LogP contribution in [-0.4, -0.2) is 9.37 Å². The molecule has 2 aromatic rings. The van der Waals surface area contributed by atoms with Gasteiger partial charge in [0.25, 0.3) is 0 Å². The molecule has 0 amide bonds. The third kappa shape index (κ3) is 3.30. The molecule has 0 saturated heterocycles. The first-order valence-corrected chi connectivity index (χ1v) is 7.42. The van der Waals surface area contributed by atoms with Crippen molar-refractivity contribution in [3.63, 3.8) is 0 Å². The van der Waals surface area contributed by atoms with Gasteiger partial charge in [0.1, 0.15) is 16.7 Å². The van der Waals surface area contributed by atoms with Crippen molar-refractivity contribution in [3.05, 3.63) is 35.2 Å². The lowest BCUT2D eigenvalue weighted by Gasteiger charge is -2.05. The molecule has 0 aliphatic carbocycles. The third-order valence-electron chi connectivity index (χ3n) is 2.71. The Hall–Kier alpha value is -1.46. The molecule has 0 saturated carbocycles. The summed E-state index contributed by atoms with van der Waals surface area (Å²) in [6.45, 7) is 9.66. The molecule has 0 fully saturated rings. The second-order valence-corrected chi connectivity index (χ2v) is 5.01. The first kappa shape index (κ1) is 15.6. The van der Waals surface area contributed by atoms with Crippen LogP contribution in [0.3, 0.4) is 0 Å². The number of rotatable bonds is 2. The van der Waals surface area contributed by atoms with Crippen LogP contribution < -0.4 is 5.14 Å². The molecular weight excluding hydrogens is 260 g/mol. The summed E-state index contributed by atoms with van der Waals surface area (Å²) in [5.74, 6) is 0.781. The van der Waals surface area contributed by atoms with Gasteiger partial charge >= 0.3 is 0 Å². The van der Waals surface area contributed by atoms with Gasteiger partial charge in [-0.15, -0.1) is 0 Å². The minimum Gasteiger partial charge on any atom is -0.361 e. The van der Waals surface area contributed by atoms with E-state index in [0.717, 1.165) is 28.1 Å². The number of aromatic nitrogens is 1. The fourth-order valence-corrected chi connectivity index (χ4v) is 2.50. The average Bonchev–Trinajstić information content (AvgIpc) is 2.71. The van der Waals surface area contributed by atoms with Crippen LogP contribution in [0, 0.1) is 20.8 Å². The maximum absolute atomic E-state index is 11.3. The van der Waals surface area contributed by atoms with Crippen LogP contribution in [0.2, 0.25) is 0 Å². The Kier molecular flexibility index (Phi) is 5.44. The maximum atomic E-state index is 11.3. The van der Waals surface area contributed by atoms with Crippen LogP contribution in [0.25, 0.3) is 11.1 Å². The summed E-state index contributed by atoms with van der Waals surface area (Å²) >= 11 is 0. The molecule has 0 aliphatic rings. The topological polar surface area (TPSA) is 69.1 Å². The Morgan fingerprint density at radius 2 is 1.84 bits per heavy atom. The monoisotopic (exact) mass is 280 g/mol. The first-order chi connectivity index (χ1) is 9.00. The standard InChI is InChI=1S/C12H14N2O2S.C2H6/c1-7-6-10(4-5-11(7)17(13)15)12-8(2)14-16-9(12)3;1-2/h4-6H,13H2,1-3H3;1-2H3. The van der Waals surface area contributed by atoms with E-state index >= 15 is 0 Å². The number of benzene rings is 1. The predicted molar refractivity (Wildman–Crippen MR) is 78.1 cm³/mol. The van der Waals surface area contributed by atoms with E-state index in [1.807, 2.05) is 46.8 Å². The average molecular weight is 280 g/mol. The normalized spacial score (nSPS) is 11.7. The summed E-state index contributed by atoms with van der Waals surface area (Å²) in [5.41, 5.74) is 3.75. The van der Waals surface area contributed by atoms with E-state index in [-0.39, 0.29) is 0 Å². The van der Waals surface area contributed by atoms with Gasteiger partial charge in [-0.3, -0.25) is 0 Å². The van der Waals surface area contributed by atoms with Crippen molar-refractivity contribution in [3.8, 4) is 11.1 Å². The van der Waals surface area contributed by atoms with Gasteiger partial charge in [-0.05, 0) is 44.0 Å². The molecule has 0 radical (unpaired) electrons. The van der Waals surface area contributed by atoms with E-state index in [1.54, 1.807) is 6.07 Å². The molecule has 0 bridgehead atoms. The Balaban J connectivity index is 0.000000861. The molecule has 0 aliphatic heterocycles. The van der Waals surface area contributed by atoms with Gasteiger partial charge in [0, 0.05) is 5.56 Å². The predicted octanol–water partition coefficient (Wildman–Crippen LogP) is 3.27. The van der Waals surface area contributed by atoms with E-state index in [4.69, 9.17) is 9.66 Å². The summed E-state index contributed by atoms with van der Waals surface area (Å²) < 4.78 is 16.4. The molecule has 5 heteroatoms. The van der Waals surface area contributed by atoms with Gasteiger partial charge in [0.15, 0.2) is 0 Å². The molecule has 4 nitrogen and oxygen atoms in total. The van der Waals surface area contributed by atoms with Gasteiger partial charge in [-0.1, -0.05) is 25.1 Å². The Labute approximate surface area is 116 Å². The fourth-order valence-electron chi connectivity index (χ4n) is 1.93. The maximum Gasteiger partial charge on any atom is 0.141 e. The largest absolute Gasteiger partial charge is 0.361 e. The fraction of sp³-hybridized carbons (Fsp3) is 0.357. The van der Waals surface area contributed by atoms with Gasteiger partial charge in [0.2, 0.25) is 0 Å². The SMILES string of the molecule is CC.Cc1cc(-c2c(C)noc2C)ccc1S(N)=O. The summed E-state index contributed by atoms with van der Waals surface area (Å²) in [5, 5.41) is 9.30. The summed E-state index contributed by atoms with van der Waals surface area (Å²) in [7, 11) is -1.45. The van der Waals surface area contributed by atoms with Crippen LogP contribution in [0.1, 0.15) is 30.9 Å². The summed E-state index contributed by atoms with van der Waals surface area (Å²) in [6.07, 6.45) is 0. The van der Waals surface area contributed by atoms with Crippen LogP contribution in [0.5, 0.6) is 0 Å². The zero-order valence-corrected chi connectivity index (χ0v) is 12.8. The van der Waals surface area contributed by atoms with E-state index < -0.39 is 11.0 Å². The van der Waals surface area contributed by atoms with Crippen LogP contribution in [0.15, 0.2) is 27.6 Å². The molecule has 104 valence electrons. The zero-order valence-electron chi connectivity index (χ0n) is 12.0. The number of aryl methyl sites for hydroxylation is 3. The van der Waals surface area contributed by atoms with Crippen molar-refractivity contribution >= 4 is 11.0 Å². The van der Waals surface area contributed by atoms with Crippen molar-refractivity contribution in [2.45, 2.75) is 39.5 Å². The molecule has 1 heterocycles. The van der Waals surface area contributed by atoms with E-state index in [0.29, 0.717) is 4.90 Å². The Morgan fingerprint density at radius 1 is 1.21 bits per heavy atom. The van der Waals surface area contributed by atoms with E-state index in [9.17, 15) is 4.21 Å². The quantitative estimate of drug-likeness (QED) is 0.917. The van der Waals surface area contributed by atoms with Crippen molar-refractivity contribution in [2.24, 2.45) is 5.14 Å². The molecule has 2 rings (SSSR count). The number of hydrogen-bond donors (Lipinski definition) is 1. The summed E-state index contributed by atoms with van der Waals surface area (Å²) in [4.78, 5) is 0.653. The molecule has 1 aromatic heterocycles. The number of nitrogens with two attached hydrogens (primary N) is 1. The lowest BCUT2D eigenvalue weighted by molar-refractivity contribution is 0.393. The van der Waals surface area contributed by atoms with Gasteiger partial charge in [0.05, 0.1) is 10.6 Å². The van der Waals surface area contributed by atoms with E-state index in [2.05, 4.69) is 5.16 Å². The highest BCUT2D eigenvalue weighted by Crippen LogP contribution is 2.28. The van der Waals surface area contributed by atoms with Crippen LogP contribution >= 0.6 is 0 Å². The van der Waals surface area contributed by atoms with Crippen molar-refractivity contribution in [1.82, 2.24) is 5.16 Å². The highest BCUT2D eigenvalue weighted by Gasteiger charge is 2.13. The smallest absolute Gasteiger partial charge is 0.141 e. The van der Waals surface area contributed by atoms with Crippen molar-refractivity contribution in [2.75, 3.05) is 0 Å². The highest BCUT2D eigenvalue weighted by atomic mass is 32.2. The minimum atomic E-state index is -1.45. The lowest BCUT2D eigenvalue weighted by Crippen LogP contribution is -2.04. The molecule has 2 N–H and O–H groups in total. The second kappa shape index (κ2) is 6.63. The molecular formula is C14H20N2O2S. The molecule has 1 aromatic carbocycles. The second-order valence-electron chi connectivity index (χ2n) is 3.98. The zero-order chi connectivity index (χ0) is 14.6. The molecule has 1 atom stereocenters. The first-order valence-electron chi connectivity index (χ1n) is 6.20. The van der Waals surface area contributed by atoms with Crippen LogP contribution in [0.4, 0.5) is 0 Å². The third-order valence-corrected chi connectivity index (χ3v) is 3.61. The molecule has 19 heavy (non-hydrogen) atoms. The summed E-state index contributed by atoms with van der Waals surface area (Å²) in [6, 6.07) is 5.62. The van der Waals surface area contributed by atoms with Gasteiger partial charge < -0.3 is 4.52 Å². The lowest BCUT2D eigenvalue weighted by atomic mass is 10.0. The van der Waals surface area contributed by atoms with Gasteiger partial charge in [-0.25, -0.2) is 9.35 Å². The van der Waals surface area contributed by atoms with Crippen LogP contribution in [-0.2, 0) is 11.0 Å². The molecule has 0 spiro atoms. The molecule has 1 unspecified atom stereocenters. The van der Waals surface area contributed by atoms with Crippen molar-refractivity contribution in [1.29, 1.82) is 0 Å². The van der Waals surface area contributed by atoms with E-state index in [1.165, 1.54) is 0 Å². The van der Waals surface area contributed by atoms with Gasteiger partial charge in [-0.2, -0.15) is 0 Å². The number of nitrogens with zero attached hydrogens (tertiary/aromatic N) is 1. The number of hydrogen-bond acceptors (Lipinski definition) is 3. The Bertz CT molecular complexity index is 572.